The lowest BCUT2D eigenvalue weighted by Crippen LogP contribution is -2.44. The molecule has 1 saturated heterocycles. The lowest BCUT2D eigenvalue weighted by molar-refractivity contribution is -0.121. The summed E-state index contributed by atoms with van der Waals surface area (Å²) in [5, 5.41) is 0. The van der Waals surface area contributed by atoms with Gasteiger partial charge in [0.05, 0.1) is 0 Å². The fraction of sp³-hybridized carbons (Fsp3) is 0.533. The Morgan fingerprint density at radius 1 is 1.32 bits per heavy atom. The quantitative estimate of drug-likeness (QED) is 0.762. The molecule has 0 aromatic heterocycles. The van der Waals surface area contributed by atoms with Crippen molar-refractivity contribution in [3.05, 3.63) is 35.6 Å². The van der Waals surface area contributed by atoms with Crippen molar-refractivity contribution in [2.45, 2.75) is 32.4 Å². The summed E-state index contributed by atoms with van der Waals surface area (Å²) in [7, 11) is 0. The minimum absolute atomic E-state index is 0.238. The zero-order chi connectivity index (χ0) is 13.7. The molecule has 1 aliphatic heterocycles. The first-order valence-electron chi connectivity index (χ1n) is 6.90. The van der Waals surface area contributed by atoms with Gasteiger partial charge in [-0.2, -0.15) is 0 Å². The molecule has 104 valence electrons. The number of carbonyl (C=O) groups excluding carboxylic acids is 1. The van der Waals surface area contributed by atoms with E-state index in [0.29, 0.717) is 12.6 Å². The summed E-state index contributed by atoms with van der Waals surface area (Å²) in [6.07, 6.45) is 2.97. The molecular weight excluding hydrogens is 243 g/mol. The van der Waals surface area contributed by atoms with Gasteiger partial charge in [0.2, 0.25) is 6.41 Å². The van der Waals surface area contributed by atoms with E-state index in [4.69, 9.17) is 0 Å². The highest BCUT2D eigenvalue weighted by Crippen LogP contribution is 2.17. The predicted molar refractivity (Wildman–Crippen MR) is 73.1 cm³/mol. The van der Waals surface area contributed by atoms with Crippen molar-refractivity contribution in [2.24, 2.45) is 0 Å². The van der Waals surface area contributed by atoms with Crippen molar-refractivity contribution >= 4 is 6.41 Å². The number of rotatable bonds is 5. The van der Waals surface area contributed by atoms with Gasteiger partial charge in [-0.05, 0) is 37.1 Å². The fourth-order valence-corrected chi connectivity index (χ4v) is 2.62. The van der Waals surface area contributed by atoms with Gasteiger partial charge in [0.25, 0.3) is 0 Å². The van der Waals surface area contributed by atoms with Crippen molar-refractivity contribution in [3.8, 4) is 0 Å². The molecule has 0 spiro atoms. The van der Waals surface area contributed by atoms with Crippen LogP contribution in [0.4, 0.5) is 4.39 Å². The first kappa shape index (κ1) is 14.0. The van der Waals surface area contributed by atoms with Gasteiger partial charge in [-0.1, -0.05) is 19.1 Å². The smallest absolute Gasteiger partial charge is 0.210 e. The number of hydrogen-bond acceptors (Lipinski definition) is 2. The monoisotopic (exact) mass is 264 g/mol. The summed E-state index contributed by atoms with van der Waals surface area (Å²) >= 11 is 0. The van der Waals surface area contributed by atoms with E-state index in [1.165, 1.54) is 12.1 Å². The van der Waals surface area contributed by atoms with Gasteiger partial charge in [-0.15, -0.1) is 0 Å². The van der Waals surface area contributed by atoms with E-state index in [9.17, 15) is 9.18 Å². The van der Waals surface area contributed by atoms with E-state index >= 15 is 0 Å². The predicted octanol–water partition coefficient (Wildman–Crippen LogP) is 2.27. The first-order chi connectivity index (χ1) is 9.22. The number of halogens is 1. The largest absolute Gasteiger partial charge is 0.338 e. The Bertz CT molecular complexity index is 399. The number of piperidine rings is 1. The molecule has 1 aromatic carbocycles. The van der Waals surface area contributed by atoms with Crippen LogP contribution in [-0.4, -0.2) is 41.9 Å². The van der Waals surface area contributed by atoms with Gasteiger partial charge in [-0.3, -0.25) is 4.79 Å². The van der Waals surface area contributed by atoms with Crippen molar-refractivity contribution in [2.75, 3.05) is 19.6 Å². The molecule has 1 heterocycles. The van der Waals surface area contributed by atoms with Crippen LogP contribution in [0.1, 0.15) is 25.3 Å². The summed E-state index contributed by atoms with van der Waals surface area (Å²) < 4.78 is 12.9. The second kappa shape index (κ2) is 6.66. The van der Waals surface area contributed by atoms with E-state index in [-0.39, 0.29) is 5.82 Å². The lowest BCUT2D eigenvalue weighted by Gasteiger charge is -2.36. The van der Waals surface area contributed by atoms with Crippen LogP contribution in [0.3, 0.4) is 0 Å². The Morgan fingerprint density at radius 2 is 1.95 bits per heavy atom. The highest BCUT2D eigenvalue weighted by molar-refractivity contribution is 5.48. The molecule has 0 N–H and O–H groups in total. The molecule has 1 fully saturated rings. The summed E-state index contributed by atoms with van der Waals surface area (Å²) in [5.41, 5.74) is 0.978. The number of likely N-dealkylation sites (tertiary alicyclic amines) is 1. The van der Waals surface area contributed by atoms with Crippen LogP contribution in [0.25, 0.3) is 0 Å². The van der Waals surface area contributed by atoms with Crippen LogP contribution in [0.15, 0.2) is 24.3 Å². The third-order valence-electron chi connectivity index (χ3n) is 3.89. The highest BCUT2D eigenvalue weighted by Gasteiger charge is 2.22. The SMILES string of the molecule is CCN1CCC(N(C=O)Cc2ccc(F)cc2)CC1. The topological polar surface area (TPSA) is 23.6 Å². The average molecular weight is 264 g/mol. The van der Waals surface area contributed by atoms with Crippen LogP contribution >= 0.6 is 0 Å². The number of benzene rings is 1. The van der Waals surface area contributed by atoms with Crippen LogP contribution in [0, 0.1) is 5.82 Å². The molecule has 1 amide bonds. The molecule has 3 nitrogen and oxygen atoms in total. The van der Waals surface area contributed by atoms with Gasteiger partial charge in [0, 0.05) is 25.7 Å². The third-order valence-corrected chi connectivity index (χ3v) is 3.89. The Labute approximate surface area is 114 Å². The lowest BCUT2D eigenvalue weighted by atomic mass is 10.0. The van der Waals surface area contributed by atoms with Crippen molar-refractivity contribution in [1.29, 1.82) is 0 Å². The molecule has 0 unspecified atom stereocenters. The van der Waals surface area contributed by atoms with Gasteiger partial charge in [-0.25, -0.2) is 4.39 Å². The molecular formula is C15H21FN2O. The Kier molecular flexibility index (Phi) is 4.91. The molecule has 4 heteroatoms. The van der Waals surface area contributed by atoms with E-state index in [0.717, 1.165) is 44.4 Å². The molecule has 19 heavy (non-hydrogen) atoms. The van der Waals surface area contributed by atoms with Gasteiger partial charge in [0.15, 0.2) is 0 Å². The number of nitrogens with zero attached hydrogens (tertiary/aromatic N) is 2. The normalized spacial score (nSPS) is 17.4. The van der Waals surface area contributed by atoms with Gasteiger partial charge < -0.3 is 9.80 Å². The second-order valence-corrected chi connectivity index (χ2v) is 5.07. The summed E-state index contributed by atoms with van der Waals surface area (Å²) in [5.74, 6) is -0.238. The average Bonchev–Trinajstić information content (AvgIpc) is 2.47. The van der Waals surface area contributed by atoms with E-state index in [1.807, 2.05) is 4.90 Å². The number of amides is 1. The van der Waals surface area contributed by atoms with Crippen molar-refractivity contribution in [1.82, 2.24) is 9.80 Å². The second-order valence-electron chi connectivity index (χ2n) is 5.07. The van der Waals surface area contributed by atoms with Gasteiger partial charge >= 0.3 is 0 Å². The number of hydrogen-bond donors (Lipinski definition) is 0. The zero-order valence-corrected chi connectivity index (χ0v) is 11.4. The maximum Gasteiger partial charge on any atom is 0.210 e. The van der Waals surface area contributed by atoms with Gasteiger partial charge in [0.1, 0.15) is 5.82 Å². The van der Waals surface area contributed by atoms with E-state index in [2.05, 4.69) is 11.8 Å². The Morgan fingerprint density at radius 3 is 2.47 bits per heavy atom. The zero-order valence-electron chi connectivity index (χ0n) is 11.4. The van der Waals surface area contributed by atoms with Crippen LogP contribution in [0.2, 0.25) is 0 Å². The molecule has 1 aliphatic rings. The fourth-order valence-electron chi connectivity index (χ4n) is 2.62. The Hall–Kier alpha value is -1.42. The van der Waals surface area contributed by atoms with Crippen molar-refractivity contribution < 1.29 is 9.18 Å². The molecule has 1 aromatic rings. The maximum absolute atomic E-state index is 12.9. The molecule has 0 bridgehead atoms. The van der Waals surface area contributed by atoms with E-state index < -0.39 is 0 Å². The van der Waals surface area contributed by atoms with Crippen LogP contribution in [-0.2, 0) is 11.3 Å². The molecule has 0 radical (unpaired) electrons. The number of carbonyl (C=O) groups is 1. The van der Waals surface area contributed by atoms with E-state index in [1.54, 1.807) is 12.1 Å². The summed E-state index contributed by atoms with van der Waals surface area (Å²) in [4.78, 5) is 15.5. The standard InChI is InChI=1S/C15H21FN2O/c1-2-17-9-7-15(8-10-17)18(12-19)11-13-3-5-14(16)6-4-13/h3-6,12,15H,2,7-11H2,1H3. The Balaban J connectivity index is 1.93. The third kappa shape index (κ3) is 3.77. The minimum Gasteiger partial charge on any atom is -0.338 e. The van der Waals surface area contributed by atoms with Crippen LogP contribution in [0.5, 0.6) is 0 Å². The first-order valence-corrected chi connectivity index (χ1v) is 6.90. The highest BCUT2D eigenvalue weighted by atomic mass is 19.1. The molecule has 0 saturated carbocycles. The summed E-state index contributed by atoms with van der Waals surface area (Å²) in [6.45, 7) is 5.91. The maximum atomic E-state index is 12.9. The molecule has 0 aliphatic carbocycles. The minimum atomic E-state index is -0.238. The summed E-state index contributed by atoms with van der Waals surface area (Å²) in [6, 6.07) is 6.68. The van der Waals surface area contributed by atoms with Crippen molar-refractivity contribution in [3.63, 3.8) is 0 Å². The molecule has 2 rings (SSSR count). The molecule has 0 atom stereocenters. The van der Waals surface area contributed by atoms with Crippen LogP contribution < -0.4 is 0 Å².